The number of carbonyl (C=O) groups excluding carboxylic acids is 1. The van der Waals surface area contributed by atoms with Crippen LogP contribution in [-0.4, -0.2) is 43.4 Å². The molecule has 1 amide bonds. The first-order valence-corrected chi connectivity index (χ1v) is 7.36. The summed E-state index contributed by atoms with van der Waals surface area (Å²) in [4.78, 5) is 14.6. The maximum atomic E-state index is 11.7. The molecule has 0 radical (unpaired) electrons. The Hall–Kier alpha value is -0.850. The van der Waals surface area contributed by atoms with Crippen LogP contribution in [0.4, 0.5) is 0 Å². The van der Waals surface area contributed by atoms with Crippen molar-refractivity contribution in [3.05, 3.63) is 22.4 Å². The van der Waals surface area contributed by atoms with Crippen LogP contribution in [0.1, 0.15) is 29.8 Å². The first-order chi connectivity index (χ1) is 9.25. The van der Waals surface area contributed by atoms with E-state index < -0.39 is 0 Å². The third-order valence-electron chi connectivity index (χ3n) is 2.97. The summed E-state index contributed by atoms with van der Waals surface area (Å²) in [6, 6.07) is 1.75. The third kappa shape index (κ3) is 4.97. The second kappa shape index (κ2) is 7.67. The fraction of sp³-hybridized carbons (Fsp3) is 0.615. The highest BCUT2D eigenvalue weighted by Gasteiger charge is 2.14. The first kappa shape index (κ1) is 14.6. The number of rotatable bonds is 7. The number of aromatic nitrogens is 1. The Kier molecular flexibility index (Phi) is 5.88. The Morgan fingerprint density at radius 1 is 1.63 bits per heavy atom. The second-order valence-corrected chi connectivity index (χ2v) is 5.47. The monoisotopic (exact) mass is 330 g/mol. The minimum Gasteiger partial charge on any atom is -0.379 e. The van der Waals surface area contributed by atoms with E-state index in [4.69, 9.17) is 9.47 Å². The van der Waals surface area contributed by atoms with Crippen LogP contribution in [0.5, 0.6) is 0 Å². The molecule has 0 spiro atoms. The van der Waals surface area contributed by atoms with Crippen molar-refractivity contribution in [2.75, 3.05) is 26.4 Å². The van der Waals surface area contributed by atoms with E-state index >= 15 is 0 Å². The number of halogens is 1. The molecular weight excluding hydrogens is 312 g/mol. The van der Waals surface area contributed by atoms with E-state index in [1.165, 1.54) is 0 Å². The number of nitrogens with one attached hydrogen (secondary N) is 2. The predicted octanol–water partition coefficient (Wildman–Crippen LogP) is 2.09. The van der Waals surface area contributed by atoms with E-state index in [1.807, 2.05) is 0 Å². The van der Waals surface area contributed by atoms with Crippen LogP contribution < -0.4 is 5.32 Å². The molecule has 1 atom stereocenters. The van der Waals surface area contributed by atoms with Gasteiger partial charge in [-0.1, -0.05) is 0 Å². The topological polar surface area (TPSA) is 63.4 Å². The molecule has 2 N–H and O–H groups in total. The molecule has 1 aliphatic rings. The number of amides is 1. The lowest BCUT2D eigenvalue weighted by atomic mass is 10.2. The van der Waals surface area contributed by atoms with Crippen LogP contribution in [0.2, 0.25) is 0 Å². The quantitative estimate of drug-likeness (QED) is 0.752. The summed E-state index contributed by atoms with van der Waals surface area (Å²) >= 11 is 3.29. The van der Waals surface area contributed by atoms with Gasteiger partial charge < -0.3 is 19.8 Å². The smallest absolute Gasteiger partial charge is 0.267 e. The van der Waals surface area contributed by atoms with E-state index in [0.29, 0.717) is 25.5 Å². The highest BCUT2D eigenvalue weighted by atomic mass is 79.9. The normalized spacial score (nSPS) is 18.7. The van der Waals surface area contributed by atoms with Gasteiger partial charge >= 0.3 is 0 Å². The van der Waals surface area contributed by atoms with Crippen LogP contribution in [-0.2, 0) is 9.47 Å². The standard InChI is InChI=1S/C13H19BrN2O3/c14-10-7-12(16-8-10)13(17)15-4-2-5-18-9-11-3-1-6-19-11/h7-8,11,16H,1-6,9H2,(H,15,17). The van der Waals surface area contributed by atoms with E-state index in [-0.39, 0.29) is 12.0 Å². The summed E-state index contributed by atoms with van der Waals surface area (Å²) in [6.07, 6.45) is 5.04. The summed E-state index contributed by atoms with van der Waals surface area (Å²) in [5, 5.41) is 2.84. The summed E-state index contributed by atoms with van der Waals surface area (Å²) in [5.41, 5.74) is 0.562. The molecule has 0 aromatic carbocycles. The van der Waals surface area contributed by atoms with Gasteiger partial charge in [0.2, 0.25) is 0 Å². The largest absolute Gasteiger partial charge is 0.379 e. The molecule has 6 heteroatoms. The van der Waals surface area contributed by atoms with Gasteiger partial charge in [0.25, 0.3) is 5.91 Å². The van der Waals surface area contributed by atoms with Gasteiger partial charge in [0.05, 0.1) is 12.7 Å². The van der Waals surface area contributed by atoms with Crippen molar-refractivity contribution in [1.29, 1.82) is 0 Å². The zero-order valence-corrected chi connectivity index (χ0v) is 12.4. The molecule has 2 rings (SSSR count). The highest BCUT2D eigenvalue weighted by Crippen LogP contribution is 2.12. The van der Waals surface area contributed by atoms with Crippen molar-refractivity contribution in [3.63, 3.8) is 0 Å². The highest BCUT2D eigenvalue weighted by molar-refractivity contribution is 9.10. The number of hydrogen-bond donors (Lipinski definition) is 2. The van der Waals surface area contributed by atoms with Gasteiger partial charge in [0, 0.05) is 30.4 Å². The van der Waals surface area contributed by atoms with Crippen LogP contribution in [0, 0.1) is 0 Å². The summed E-state index contributed by atoms with van der Waals surface area (Å²) in [5.74, 6) is -0.0928. The lowest BCUT2D eigenvalue weighted by Crippen LogP contribution is -2.26. The molecule has 0 aliphatic carbocycles. The molecule has 2 heterocycles. The number of ether oxygens (including phenoxy) is 2. The third-order valence-corrected chi connectivity index (χ3v) is 3.43. The van der Waals surface area contributed by atoms with E-state index in [1.54, 1.807) is 12.3 Å². The summed E-state index contributed by atoms with van der Waals surface area (Å²) in [6.45, 7) is 2.78. The number of carbonyl (C=O) groups is 1. The van der Waals surface area contributed by atoms with Crippen LogP contribution in [0.15, 0.2) is 16.7 Å². The predicted molar refractivity (Wildman–Crippen MR) is 75.2 cm³/mol. The molecular formula is C13H19BrN2O3. The first-order valence-electron chi connectivity index (χ1n) is 6.57. The number of H-pyrrole nitrogens is 1. The van der Waals surface area contributed by atoms with Gasteiger partial charge in [-0.2, -0.15) is 0 Å². The second-order valence-electron chi connectivity index (χ2n) is 4.55. The zero-order chi connectivity index (χ0) is 13.5. The maximum Gasteiger partial charge on any atom is 0.267 e. The minimum absolute atomic E-state index is 0.0928. The van der Waals surface area contributed by atoms with Crippen LogP contribution in [0.3, 0.4) is 0 Å². The molecule has 0 saturated carbocycles. The van der Waals surface area contributed by atoms with Crippen molar-refractivity contribution in [1.82, 2.24) is 10.3 Å². The SMILES string of the molecule is O=C(NCCCOCC1CCCO1)c1cc(Br)c[nH]1. The molecule has 5 nitrogen and oxygen atoms in total. The van der Waals surface area contributed by atoms with Crippen molar-refractivity contribution < 1.29 is 14.3 Å². The Morgan fingerprint density at radius 3 is 3.21 bits per heavy atom. The van der Waals surface area contributed by atoms with Crippen molar-refractivity contribution in [2.45, 2.75) is 25.4 Å². The molecule has 1 aromatic rings. The van der Waals surface area contributed by atoms with Gasteiger partial charge in [0.15, 0.2) is 0 Å². The molecule has 0 bridgehead atoms. The maximum absolute atomic E-state index is 11.7. The fourth-order valence-corrected chi connectivity index (χ4v) is 2.30. The number of hydrogen-bond acceptors (Lipinski definition) is 3. The van der Waals surface area contributed by atoms with E-state index in [2.05, 4.69) is 26.2 Å². The van der Waals surface area contributed by atoms with Crippen molar-refractivity contribution in [3.8, 4) is 0 Å². The summed E-state index contributed by atoms with van der Waals surface area (Å²) in [7, 11) is 0. The van der Waals surface area contributed by atoms with Crippen LogP contribution >= 0.6 is 15.9 Å². The van der Waals surface area contributed by atoms with E-state index in [9.17, 15) is 4.79 Å². The summed E-state index contributed by atoms with van der Waals surface area (Å²) < 4.78 is 11.8. The van der Waals surface area contributed by atoms with Crippen molar-refractivity contribution in [2.24, 2.45) is 0 Å². The minimum atomic E-state index is -0.0928. The molecule has 1 aromatic heterocycles. The van der Waals surface area contributed by atoms with Gasteiger partial charge in [-0.05, 0) is 41.3 Å². The van der Waals surface area contributed by atoms with Gasteiger partial charge in [0.1, 0.15) is 5.69 Å². The van der Waals surface area contributed by atoms with Gasteiger partial charge in [-0.15, -0.1) is 0 Å². The molecule has 1 saturated heterocycles. The average molecular weight is 331 g/mol. The average Bonchev–Trinajstić information content (AvgIpc) is 3.04. The number of aromatic amines is 1. The Bertz CT molecular complexity index is 402. The molecule has 1 aliphatic heterocycles. The van der Waals surface area contributed by atoms with Gasteiger partial charge in [-0.25, -0.2) is 0 Å². The fourth-order valence-electron chi connectivity index (χ4n) is 1.96. The van der Waals surface area contributed by atoms with E-state index in [0.717, 1.165) is 30.3 Å². The van der Waals surface area contributed by atoms with Crippen LogP contribution in [0.25, 0.3) is 0 Å². The Balaban J connectivity index is 1.50. The molecule has 19 heavy (non-hydrogen) atoms. The molecule has 1 unspecified atom stereocenters. The van der Waals surface area contributed by atoms with Gasteiger partial charge in [-0.3, -0.25) is 4.79 Å². The molecule has 1 fully saturated rings. The molecule has 106 valence electrons. The Morgan fingerprint density at radius 2 is 2.53 bits per heavy atom. The lowest BCUT2D eigenvalue weighted by Gasteiger charge is -2.10. The Labute approximate surface area is 121 Å². The lowest BCUT2D eigenvalue weighted by molar-refractivity contribution is 0.0166. The zero-order valence-electron chi connectivity index (χ0n) is 10.8. The van der Waals surface area contributed by atoms with Crippen molar-refractivity contribution >= 4 is 21.8 Å².